The summed E-state index contributed by atoms with van der Waals surface area (Å²) >= 11 is 3.30. The normalized spacial score (nSPS) is 18.1. The number of hydrogen-bond acceptors (Lipinski definition) is 5. The van der Waals surface area contributed by atoms with Gasteiger partial charge in [0.05, 0.1) is 10.6 Å². The van der Waals surface area contributed by atoms with Gasteiger partial charge in [-0.05, 0) is 36.4 Å². The molecule has 0 N–H and O–H groups in total. The highest BCUT2D eigenvalue weighted by molar-refractivity contribution is 9.10. The van der Waals surface area contributed by atoms with Crippen LogP contribution in [0.2, 0.25) is 0 Å². The maximum absolute atomic E-state index is 13.0. The Morgan fingerprint density at radius 2 is 1.55 bits per heavy atom. The number of amides is 2. The minimum atomic E-state index is -3.61. The first-order chi connectivity index (χ1) is 14.9. The van der Waals surface area contributed by atoms with Crippen molar-refractivity contribution in [3.63, 3.8) is 0 Å². The van der Waals surface area contributed by atoms with Crippen LogP contribution in [0.5, 0.6) is 0 Å². The minimum Gasteiger partial charge on any atom is -0.335 e. The fourth-order valence-electron chi connectivity index (χ4n) is 3.55. The number of hydrogen-bond donors (Lipinski definition) is 0. The smallest absolute Gasteiger partial charge is 0.270 e. The molecular weight excluding hydrogens is 484 g/mol. The number of carbonyl (C=O) groups excluding carboxylic acids is 2. The van der Waals surface area contributed by atoms with Gasteiger partial charge in [0.25, 0.3) is 5.91 Å². The van der Waals surface area contributed by atoms with Gasteiger partial charge < -0.3 is 4.90 Å². The Kier molecular flexibility index (Phi) is 6.22. The van der Waals surface area contributed by atoms with Gasteiger partial charge in [0, 0.05) is 43.5 Å². The average molecular weight is 505 g/mol. The molecule has 4 rings (SSSR count). The molecule has 0 unspecified atom stereocenters. The number of carbonyl (C=O) groups is 2. The summed E-state index contributed by atoms with van der Waals surface area (Å²) in [5.41, 5.74) is 0.926. The summed E-state index contributed by atoms with van der Waals surface area (Å²) in [7, 11) is -3.61. The quantitative estimate of drug-likeness (QED) is 0.639. The Hall–Kier alpha value is -2.56. The maximum atomic E-state index is 13.0. The van der Waals surface area contributed by atoms with Crippen LogP contribution in [-0.4, -0.2) is 61.3 Å². The van der Waals surface area contributed by atoms with E-state index in [9.17, 15) is 18.0 Å². The highest BCUT2D eigenvalue weighted by Gasteiger charge is 2.33. The van der Waals surface area contributed by atoms with Crippen LogP contribution in [-0.2, 0) is 19.6 Å². The van der Waals surface area contributed by atoms with E-state index in [1.807, 2.05) is 6.07 Å². The number of halogens is 1. The number of hydrazone groups is 1. The summed E-state index contributed by atoms with van der Waals surface area (Å²) in [5, 5.41) is 5.57. The van der Waals surface area contributed by atoms with Gasteiger partial charge in [0.15, 0.2) is 0 Å². The third-order valence-electron chi connectivity index (χ3n) is 5.26. The number of anilines is 1. The van der Waals surface area contributed by atoms with Crippen molar-refractivity contribution in [3.05, 3.63) is 59.1 Å². The number of nitrogens with zero attached hydrogens (tertiary/aromatic N) is 4. The molecule has 2 aromatic carbocycles. The molecule has 10 heteroatoms. The van der Waals surface area contributed by atoms with Gasteiger partial charge in [0.1, 0.15) is 5.71 Å². The molecule has 0 atom stereocenters. The molecule has 0 aliphatic carbocycles. The van der Waals surface area contributed by atoms with Crippen LogP contribution in [0, 0.1) is 0 Å². The lowest BCUT2D eigenvalue weighted by Gasteiger charge is -2.35. The Balaban J connectivity index is 1.44. The van der Waals surface area contributed by atoms with Crippen molar-refractivity contribution in [2.24, 2.45) is 5.10 Å². The molecule has 0 radical (unpaired) electrons. The average Bonchev–Trinajstić information content (AvgIpc) is 2.80. The van der Waals surface area contributed by atoms with Crippen molar-refractivity contribution < 1.29 is 18.0 Å². The van der Waals surface area contributed by atoms with E-state index in [1.165, 1.54) is 9.31 Å². The Bertz CT molecular complexity index is 1110. The van der Waals surface area contributed by atoms with Gasteiger partial charge in [-0.25, -0.2) is 13.4 Å². The molecule has 2 aliphatic heterocycles. The molecule has 2 heterocycles. The second-order valence-corrected chi connectivity index (χ2v) is 10.1. The molecule has 0 spiro atoms. The van der Waals surface area contributed by atoms with Gasteiger partial charge in [-0.15, -0.1) is 0 Å². The fraction of sp³-hybridized carbons (Fsp3) is 0.286. The number of para-hydroxylation sites is 1. The van der Waals surface area contributed by atoms with Gasteiger partial charge in [-0.1, -0.05) is 34.1 Å². The van der Waals surface area contributed by atoms with Crippen molar-refractivity contribution in [1.82, 2.24) is 9.21 Å². The van der Waals surface area contributed by atoms with Crippen LogP contribution >= 0.6 is 15.9 Å². The minimum absolute atomic E-state index is 0.159. The summed E-state index contributed by atoms with van der Waals surface area (Å²) < 4.78 is 27.9. The molecule has 0 bridgehead atoms. The standard InChI is InChI=1S/C21H21BrN4O4S/c22-16-6-8-18(9-7-16)31(29,30)25-14-12-24(13-15-25)21(28)19-10-11-20(27)26(23-19)17-4-2-1-3-5-17/h1-9H,10-15H2. The molecule has 2 aliphatic rings. The van der Waals surface area contributed by atoms with Gasteiger partial charge in [-0.3, -0.25) is 9.59 Å². The number of piperazine rings is 1. The SMILES string of the molecule is O=C(C1=NN(c2ccccc2)C(=O)CC1)N1CCN(S(=O)(=O)c2ccc(Br)cc2)CC1. The van der Waals surface area contributed by atoms with Gasteiger partial charge in [0.2, 0.25) is 15.9 Å². The number of benzene rings is 2. The van der Waals surface area contributed by atoms with Crippen molar-refractivity contribution >= 4 is 49.2 Å². The molecule has 1 saturated heterocycles. The number of rotatable bonds is 4. The summed E-state index contributed by atoms with van der Waals surface area (Å²) in [6, 6.07) is 15.5. The lowest BCUT2D eigenvalue weighted by Crippen LogP contribution is -2.52. The molecule has 31 heavy (non-hydrogen) atoms. The lowest BCUT2D eigenvalue weighted by molar-refractivity contribution is -0.125. The van der Waals surface area contributed by atoms with Crippen molar-refractivity contribution in [2.75, 3.05) is 31.2 Å². The van der Waals surface area contributed by atoms with Gasteiger partial charge >= 0.3 is 0 Å². The van der Waals surface area contributed by atoms with E-state index in [4.69, 9.17) is 0 Å². The molecular formula is C21H21BrN4O4S. The van der Waals surface area contributed by atoms with E-state index in [1.54, 1.807) is 53.4 Å². The monoisotopic (exact) mass is 504 g/mol. The first-order valence-corrected chi connectivity index (χ1v) is 12.1. The zero-order chi connectivity index (χ0) is 22.0. The second-order valence-electron chi connectivity index (χ2n) is 7.24. The third kappa shape index (κ3) is 4.56. The van der Waals surface area contributed by atoms with E-state index >= 15 is 0 Å². The van der Waals surface area contributed by atoms with Crippen LogP contribution in [0.3, 0.4) is 0 Å². The van der Waals surface area contributed by atoms with Crippen LogP contribution < -0.4 is 5.01 Å². The largest absolute Gasteiger partial charge is 0.335 e. The van der Waals surface area contributed by atoms with E-state index in [2.05, 4.69) is 21.0 Å². The lowest BCUT2D eigenvalue weighted by atomic mass is 10.1. The van der Waals surface area contributed by atoms with Crippen molar-refractivity contribution in [3.8, 4) is 0 Å². The fourth-order valence-corrected chi connectivity index (χ4v) is 5.23. The zero-order valence-electron chi connectivity index (χ0n) is 16.6. The molecule has 162 valence electrons. The second kappa shape index (κ2) is 8.89. The summed E-state index contributed by atoms with van der Waals surface area (Å²) in [6.07, 6.45) is 0.482. The highest BCUT2D eigenvalue weighted by Crippen LogP contribution is 2.22. The molecule has 0 aromatic heterocycles. The van der Waals surface area contributed by atoms with E-state index < -0.39 is 10.0 Å². The molecule has 1 fully saturated rings. The van der Waals surface area contributed by atoms with Crippen LogP contribution in [0.25, 0.3) is 0 Å². The van der Waals surface area contributed by atoms with Gasteiger partial charge in [-0.2, -0.15) is 9.41 Å². The van der Waals surface area contributed by atoms with Crippen molar-refractivity contribution in [2.45, 2.75) is 17.7 Å². The maximum Gasteiger partial charge on any atom is 0.270 e. The first-order valence-electron chi connectivity index (χ1n) is 9.87. The predicted molar refractivity (Wildman–Crippen MR) is 120 cm³/mol. The first kappa shape index (κ1) is 21.7. The Labute approximate surface area is 189 Å². The van der Waals surface area contributed by atoms with E-state index in [0.717, 1.165) is 4.47 Å². The summed E-state index contributed by atoms with van der Waals surface area (Å²) in [5.74, 6) is -0.415. The van der Waals surface area contributed by atoms with E-state index in [-0.39, 0.29) is 55.7 Å². The Morgan fingerprint density at radius 3 is 2.19 bits per heavy atom. The highest BCUT2D eigenvalue weighted by atomic mass is 79.9. The zero-order valence-corrected chi connectivity index (χ0v) is 19.0. The predicted octanol–water partition coefficient (Wildman–Crippen LogP) is 2.47. The van der Waals surface area contributed by atoms with Crippen molar-refractivity contribution in [1.29, 1.82) is 0 Å². The van der Waals surface area contributed by atoms with E-state index in [0.29, 0.717) is 11.4 Å². The molecule has 0 saturated carbocycles. The van der Waals surface area contributed by atoms with Crippen LogP contribution in [0.4, 0.5) is 5.69 Å². The Morgan fingerprint density at radius 1 is 0.903 bits per heavy atom. The van der Waals surface area contributed by atoms with Crippen LogP contribution in [0.1, 0.15) is 12.8 Å². The molecule has 2 aromatic rings. The third-order valence-corrected chi connectivity index (χ3v) is 7.70. The van der Waals surface area contributed by atoms with Crippen LogP contribution in [0.15, 0.2) is 69.1 Å². The summed E-state index contributed by atoms with van der Waals surface area (Å²) in [4.78, 5) is 27.1. The topological polar surface area (TPSA) is 90.4 Å². The molecule has 2 amide bonds. The summed E-state index contributed by atoms with van der Waals surface area (Å²) in [6.45, 7) is 0.956. The molecule has 8 nitrogen and oxygen atoms in total. The number of sulfonamides is 1.